The molecule has 0 aromatic heterocycles. The van der Waals surface area contributed by atoms with Crippen LogP contribution in [-0.2, 0) is 0 Å². The molecule has 0 fully saturated rings. The molecule has 0 bridgehead atoms. The summed E-state index contributed by atoms with van der Waals surface area (Å²) in [7, 11) is -1.18. The van der Waals surface area contributed by atoms with Gasteiger partial charge in [-0.25, -0.2) is 8.78 Å². The van der Waals surface area contributed by atoms with E-state index in [0.29, 0.717) is 17.6 Å². The van der Waals surface area contributed by atoms with E-state index in [1.54, 1.807) is 6.07 Å². The van der Waals surface area contributed by atoms with E-state index in [1.165, 1.54) is 24.3 Å². The predicted octanol–water partition coefficient (Wildman–Crippen LogP) is 6.70. The monoisotopic (exact) mass is 606 g/mol. The van der Waals surface area contributed by atoms with Gasteiger partial charge in [0, 0.05) is 0 Å². The third-order valence-corrected chi connectivity index (χ3v) is 9.56. The zero-order valence-electron chi connectivity index (χ0n) is 15.0. The molecular formula is C19H22F2I2O2S. The molecule has 0 spiro atoms. The Morgan fingerprint density at radius 3 is 2.08 bits per heavy atom. The molecule has 2 aromatic carbocycles. The van der Waals surface area contributed by atoms with Gasteiger partial charge < -0.3 is 9.47 Å². The highest BCUT2D eigenvalue weighted by Crippen LogP contribution is 2.48. The number of ether oxygens (including phenoxy) is 2. The van der Waals surface area contributed by atoms with Crippen molar-refractivity contribution in [3.8, 4) is 11.5 Å². The summed E-state index contributed by atoms with van der Waals surface area (Å²) in [4.78, 5) is 0. The molecule has 0 atom stereocenters. The van der Waals surface area contributed by atoms with E-state index in [2.05, 4.69) is 59.0 Å². The zero-order valence-corrected chi connectivity index (χ0v) is 20.1. The second kappa shape index (κ2) is 9.77. The summed E-state index contributed by atoms with van der Waals surface area (Å²) in [6.45, 7) is 6.14. The fourth-order valence-electron chi connectivity index (χ4n) is 2.41. The van der Waals surface area contributed by atoms with Crippen LogP contribution in [0.3, 0.4) is 0 Å². The van der Waals surface area contributed by atoms with Crippen molar-refractivity contribution >= 4 is 55.2 Å². The quantitative estimate of drug-likeness (QED) is 0.312. The largest absolute Gasteiger partial charge is 0.483 e. The van der Waals surface area contributed by atoms with Gasteiger partial charge >= 0.3 is 0 Å². The number of hydrogen-bond acceptors (Lipinski definition) is 2. The Morgan fingerprint density at radius 2 is 1.50 bits per heavy atom. The van der Waals surface area contributed by atoms with Crippen LogP contribution >= 0.6 is 55.2 Å². The minimum absolute atomic E-state index is 0.252. The lowest BCUT2D eigenvalue weighted by atomic mass is 10.2. The standard InChI is InChI=1S/C19H22F2I2O2S/c1-4-26(5-2,11-24-18-7-6-14(20)9-16(18)22)12-25-19-13(3)8-15(21)10-17(19)23/h6-10H,4-5,11-12H2,1-3H3. The Labute approximate surface area is 182 Å². The highest BCUT2D eigenvalue weighted by Gasteiger charge is 2.24. The highest BCUT2D eigenvalue weighted by atomic mass is 127. The SMILES string of the molecule is CCS(CC)(COc1ccc(F)cc1I)COc1c(C)cc(F)cc1I. The number of rotatable bonds is 8. The number of benzene rings is 2. The highest BCUT2D eigenvalue weighted by molar-refractivity contribution is 14.1. The molecule has 0 unspecified atom stereocenters. The molecule has 7 heteroatoms. The first-order chi connectivity index (χ1) is 12.3. The molecule has 26 heavy (non-hydrogen) atoms. The van der Waals surface area contributed by atoms with E-state index in [-0.39, 0.29) is 11.6 Å². The minimum Gasteiger partial charge on any atom is -0.483 e. The summed E-state index contributed by atoms with van der Waals surface area (Å²) in [5.41, 5.74) is 0.795. The maximum atomic E-state index is 13.5. The van der Waals surface area contributed by atoms with E-state index in [0.717, 1.165) is 30.0 Å². The van der Waals surface area contributed by atoms with Crippen molar-refractivity contribution in [3.63, 3.8) is 0 Å². The van der Waals surface area contributed by atoms with Crippen molar-refractivity contribution in [2.24, 2.45) is 0 Å². The van der Waals surface area contributed by atoms with Gasteiger partial charge in [-0.2, -0.15) is 10.0 Å². The lowest BCUT2D eigenvalue weighted by molar-refractivity contribution is 0.360. The summed E-state index contributed by atoms with van der Waals surface area (Å²) in [5.74, 6) is 3.93. The van der Waals surface area contributed by atoms with Gasteiger partial charge in [-0.3, -0.25) is 0 Å². The Bertz CT molecular complexity index is 744. The molecule has 0 N–H and O–H groups in total. The van der Waals surface area contributed by atoms with Crippen LogP contribution in [0.15, 0.2) is 30.3 Å². The normalized spacial score (nSPS) is 12.1. The van der Waals surface area contributed by atoms with Gasteiger partial charge in [-0.05, 0) is 99.5 Å². The first kappa shape index (κ1) is 22.0. The van der Waals surface area contributed by atoms with Crippen molar-refractivity contribution in [2.75, 3.05) is 23.4 Å². The number of halogens is 4. The van der Waals surface area contributed by atoms with Crippen LogP contribution in [0.2, 0.25) is 0 Å². The molecule has 0 heterocycles. The Morgan fingerprint density at radius 1 is 0.885 bits per heavy atom. The summed E-state index contributed by atoms with van der Waals surface area (Å²) in [5, 5.41) is 0. The molecule has 0 aliphatic heterocycles. The van der Waals surface area contributed by atoms with Crippen molar-refractivity contribution in [3.05, 3.63) is 54.7 Å². The van der Waals surface area contributed by atoms with E-state index in [9.17, 15) is 8.78 Å². The first-order valence-electron chi connectivity index (χ1n) is 8.20. The van der Waals surface area contributed by atoms with Crippen molar-refractivity contribution < 1.29 is 18.3 Å². The molecule has 0 radical (unpaired) electrons. The summed E-state index contributed by atoms with van der Waals surface area (Å²) < 4.78 is 40.4. The zero-order chi connectivity index (χ0) is 19.3. The average Bonchev–Trinajstić information content (AvgIpc) is 2.58. The number of hydrogen-bond donors (Lipinski definition) is 0. The van der Waals surface area contributed by atoms with E-state index < -0.39 is 10.0 Å². The topological polar surface area (TPSA) is 18.5 Å². The van der Waals surface area contributed by atoms with E-state index in [1.807, 2.05) is 6.92 Å². The molecule has 0 saturated heterocycles. The van der Waals surface area contributed by atoms with Crippen LogP contribution in [0.5, 0.6) is 11.5 Å². The van der Waals surface area contributed by atoms with Gasteiger partial charge in [0.1, 0.15) is 35.0 Å². The predicted molar refractivity (Wildman–Crippen MR) is 123 cm³/mol. The summed E-state index contributed by atoms with van der Waals surface area (Å²) >= 11 is 4.18. The molecule has 2 aromatic rings. The fourth-order valence-corrected chi connectivity index (χ4v) is 5.81. The second-order valence-electron chi connectivity index (χ2n) is 5.93. The van der Waals surface area contributed by atoms with Gasteiger partial charge in [-0.15, -0.1) is 0 Å². The maximum Gasteiger partial charge on any atom is 0.136 e. The lowest BCUT2D eigenvalue weighted by Crippen LogP contribution is -2.22. The van der Waals surface area contributed by atoms with Crippen LogP contribution in [0.25, 0.3) is 0 Å². The maximum absolute atomic E-state index is 13.5. The Kier molecular flexibility index (Phi) is 8.27. The van der Waals surface area contributed by atoms with Crippen molar-refractivity contribution in [1.29, 1.82) is 0 Å². The summed E-state index contributed by atoms with van der Waals surface area (Å²) in [6.07, 6.45) is 0. The molecule has 0 amide bonds. The third kappa shape index (κ3) is 5.60. The lowest BCUT2D eigenvalue weighted by Gasteiger charge is -2.37. The van der Waals surface area contributed by atoms with Crippen LogP contribution in [0.4, 0.5) is 8.78 Å². The van der Waals surface area contributed by atoms with Gasteiger partial charge in [-0.1, -0.05) is 13.8 Å². The van der Waals surface area contributed by atoms with E-state index in [4.69, 9.17) is 9.47 Å². The second-order valence-corrected chi connectivity index (χ2v) is 12.3. The molecule has 2 rings (SSSR count). The molecule has 0 aliphatic carbocycles. The third-order valence-electron chi connectivity index (χ3n) is 4.23. The Hall–Kier alpha value is -0.290. The van der Waals surface area contributed by atoms with Gasteiger partial charge in [0.05, 0.1) is 7.14 Å². The van der Waals surface area contributed by atoms with Gasteiger partial charge in [0.2, 0.25) is 0 Å². The fraction of sp³-hybridized carbons (Fsp3) is 0.368. The minimum atomic E-state index is -1.18. The molecule has 0 aliphatic rings. The average molecular weight is 606 g/mol. The first-order valence-corrected chi connectivity index (χ1v) is 12.7. The smallest absolute Gasteiger partial charge is 0.136 e. The van der Waals surface area contributed by atoms with Gasteiger partial charge in [0.15, 0.2) is 0 Å². The van der Waals surface area contributed by atoms with Crippen LogP contribution in [0, 0.1) is 25.7 Å². The number of aryl methyl sites for hydroxylation is 1. The van der Waals surface area contributed by atoms with Crippen molar-refractivity contribution in [2.45, 2.75) is 20.8 Å². The van der Waals surface area contributed by atoms with Crippen molar-refractivity contribution in [1.82, 2.24) is 0 Å². The Balaban J connectivity index is 2.11. The van der Waals surface area contributed by atoms with Crippen LogP contribution in [0.1, 0.15) is 19.4 Å². The molecule has 0 saturated carbocycles. The molecule has 144 valence electrons. The molecule has 2 nitrogen and oxygen atoms in total. The van der Waals surface area contributed by atoms with Gasteiger partial charge in [0.25, 0.3) is 0 Å². The molecular weight excluding hydrogens is 584 g/mol. The van der Waals surface area contributed by atoms with E-state index >= 15 is 0 Å². The van der Waals surface area contributed by atoms with Crippen LogP contribution in [-0.4, -0.2) is 23.4 Å². The summed E-state index contributed by atoms with van der Waals surface area (Å²) in [6, 6.07) is 7.51. The van der Waals surface area contributed by atoms with Crippen LogP contribution < -0.4 is 9.47 Å².